The molecule has 1 aliphatic heterocycles. The Kier molecular flexibility index (Phi) is 5.11. The average molecular weight is 466 g/mol. The predicted octanol–water partition coefficient (Wildman–Crippen LogP) is 3.09. The van der Waals surface area contributed by atoms with E-state index in [0.29, 0.717) is 12.8 Å². The van der Waals surface area contributed by atoms with Crippen molar-refractivity contribution >= 4 is 51.2 Å². The number of hydrogen-bond acceptors (Lipinski definition) is 3. The fraction of sp³-hybridized carbons (Fsp3) is 0.909. The highest BCUT2D eigenvalue weighted by atomic mass is 127. The molecular weight excluding hydrogens is 448 g/mol. The summed E-state index contributed by atoms with van der Waals surface area (Å²) in [5, 5.41) is 13.2. The van der Waals surface area contributed by atoms with Gasteiger partial charge in [0.15, 0.2) is 1.93 Å². The van der Waals surface area contributed by atoms with Gasteiger partial charge < -0.3 is 4.74 Å². The number of rotatable bonds is 2. The zero-order valence-corrected chi connectivity index (χ0v) is 14.8. The number of carbonyl (C=O) groups excluding carboxylic acids is 1. The van der Waals surface area contributed by atoms with Gasteiger partial charge in [-0.3, -0.25) is 4.79 Å². The Morgan fingerprint density at radius 2 is 1.65 bits per heavy atom. The molecule has 1 radical (unpaired) electrons. The van der Waals surface area contributed by atoms with Crippen LogP contribution in [0.5, 0.6) is 0 Å². The van der Waals surface area contributed by atoms with Crippen LogP contribution in [-0.2, 0) is 14.7 Å². The smallest absolute Gasteiger partial charge is 0.329 e. The Balaban J connectivity index is 2.75. The molecular formula is C11H18I2NO3. The SMILES string of the molecule is CC1(C)CC(OC(=O)C(I)I)CC(C)(C)N1[O]. The lowest BCUT2D eigenvalue weighted by atomic mass is 9.80. The van der Waals surface area contributed by atoms with Crippen molar-refractivity contribution in [3.8, 4) is 0 Å². The first-order valence-electron chi connectivity index (χ1n) is 5.52. The molecule has 4 nitrogen and oxygen atoms in total. The van der Waals surface area contributed by atoms with Gasteiger partial charge in [0.1, 0.15) is 6.10 Å². The predicted molar refractivity (Wildman–Crippen MR) is 81.6 cm³/mol. The lowest BCUT2D eigenvalue weighted by Crippen LogP contribution is -2.60. The number of halogens is 2. The van der Waals surface area contributed by atoms with Gasteiger partial charge in [-0.15, -0.1) is 10.3 Å². The number of carbonyl (C=O) groups is 1. The van der Waals surface area contributed by atoms with E-state index in [2.05, 4.69) is 0 Å². The molecule has 17 heavy (non-hydrogen) atoms. The average Bonchev–Trinajstić information content (AvgIpc) is 2.12. The van der Waals surface area contributed by atoms with Crippen LogP contribution in [0.4, 0.5) is 0 Å². The first-order valence-corrected chi connectivity index (χ1v) is 8.01. The van der Waals surface area contributed by atoms with Gasteiger partial charge in [0, 0.05) is 23.9 Å². The zero-order valence-electron chi connectivity index (χ0n) is 10.5. The van der Waals surface area contributed by atoms with Gasteiger partial charge >= 0.3 is 5.97 Å². The number of nitrogens with zero attached hydrogens (tertiary/aromatic N) is 1. The van der Waals surface area contributed by atoms with Crippen LogP contribution in [0.2, 0.25) is 0 Å². The minimum atomic E-state index is -0.487. The topological polar surface area (TPSA) is 49.4 Å². The molecule has 0 bridgehead atoms. The summed E-state index contributed by atoms with van der Waals surface area (Å²) in [6, 6.07) is 0. The number of hydrogen-bond donors (Lipinski definition) is 0. The van der Waals surface area contributed by atoms with Crippen molar-refractivity contribution in [1.82, 2.24) is 5.06 Å². The molecule has 1 saturated heterocycles. The summed E-state index contributed by atoms with van der Waals surface area (Å²) in [5.41, 5.74) is -0.975. The Hall–Kier alpha value is 0.850. The maximum Gasteiger partial charge on any atom is 0.329 e. The van der Waals surface area contributed by atoms with Crippen LogP contribution < -0.4 is 0 Å². The lowest BCUT2D eigenvalue weighted by molar-refractivity contribution is -0.299. The summed E-state index contributed by atoms with van der Waals surface area (Å²) in [6.45, 7) is 7.58. The van der Waals surface area contributed by atoms with E-state index in [4.69, 9.17) is 4.74 Å². The van der Waals surface area contributed by atoms with E-state index < -0.39 is 11.1 Å². The lowest BCUT2D eigenvalue weighted by Gasteiger charge is -2.49. The largest absolute Gasteiger partial charge is 0.461 e. The number of piperidine rings is 1. The van der Waals surface area contributed by atoms with Crippen molar-refractivity contribution < 1.29 is 14.7 Å². The van der Waals surface area contributed by atoms with E-state index in [1.165, 1.54) is 0 Å². The number of hydroxylamine groups is 2. The summed E-state index contributed by atoms with van der Waals surface area (Å²) in [6.07, 6.45) is 1.02. The van der Waals surface area contributed by atoms with E-state index in [1.54, 1.807) is 0 Å². The molecule has 0 aromatic rings. The first-order chi connectivity index (χ1) is 7.56. The van der Waals surface area contributed by atoms with Crippen molar-refractivity contribution in [2.24, 2.45) is 0 Å². The van der Waals surface area contributed by atoms with Crippen LogP contribution in [-0.4, -0.2) is 30.1 Å². The second-order valence-corrected chi connectivity index (χ2v) is 10.6. The van der Waals surface area contributed by atoms with Crippen molar-refractivity contribution in [3.05, 3.63) is 0 Å². The third-order valence-corrected chi connectivity index (χ3v) is 4.03. The number of alkyl halides is 2. The van der Waals surface area contributed by atoms with Crippen LogP contribution in [0.25, 0.3) is 0 Å². The number of ether oxygens (including phenoxy) is 1. The van der Waals surface area contributed by atoms with E-state index in [-0.39, 0.29) is 14.0 Å². The monoisotopic (exact) mass is 466 g/mol. The summed E-state index contributed by atoms with van der Waals surface area (Å²) in [4.78, 5) is 11.6. The normalized spacial score (nSPS) is 24.9. The van der Waals surface area contributed by atoms with Gasteiger partial charge in [0.05, 0.1) is 0 Å². The molecule has 6 heteroatoms. The molecule has 0 amide bonds. The highest BCUT2D eigenvalue weighted by Crippen LogP contribution is 2.38. The molecule has 1 fully saturated rings. The third-order valence-electron chi connectivity index (χ3n) is 3.01. The molecule has 0 unspecified atom stereocenters. The highest BCUT2D eigenvalue weighted by Gasteiger charge is 2.47. The summed E-state index contributed by atoms with van der Waals surface area (Å²) in [5.74, 6) is -0.206. The first kappa shape index (κ1) is 15.9. The molecule has 1 aliphatic rings. The minimum absolute atomic E-state index is 0.162. The molecule has 0 saturated carbocycles. The van der Waals surface area contributed by atoms with Crippen LogP contribution in [0, 0.1) is 0 Å². The van der Waals surface area contributed by atoms with Gasteiger partial charge in [-0.1, -0.05) is 45.2 Å². The Morgan fingerprint density at radius 3 is 2.00 bits per heavy atom. The summed E-state index contributed by atoms with van der Waals surface area (Å²) >= 11 is 4.05. The summed E-state index contributed by atoms with van der Waals surface area (Å²) < 4.78 is 5.27. The quantitative estimate of drug-likeness (QED) is 0.357. The number of esters is 1. The third kappa shape index (κ3) is 3.90. The van der Waals surface area contributed by atoms with Crippen LogP contribution >= 0.6 is 45.2 Å². The zero-order chi connectivity index (χ0) is 13.4. The van der Waals surface area contributed by atoms with Crippen LogP contribution in [0.1, 0.15) is 40.5 Å². The molecule has 0 N–H and O–H groups in total. The van der Waals surface area contributed by atoms with E-state index >= 15 is 0 Å². The van der Waals surface area contributed by atoms with Crippen LogP contribution in [0.3, 0.4) is 0 Å². The van der Waals surface area contributed by atoms with E-state index in [1.807, 2.05) is 72.9 Å². The minimum Gasteiger partial charge on any atom is -0.461 e. The molecule has 0 spiro atoms. The van der Waals surface area contributed by atoms with Gasteiger partial charge in [0.25, 0.3) is 0 Å². The van der Waals surface area contributed by atoms with Crippen molar-refractivity contribution in [1.29, 1.82) is 0 Å². The maximum absolute atomic E-state index is 12.1. The fourth-order valence-electron chi connectivity index (χ4n) is 2.47. The van der Waals surface area contributed by atoms with Crippen molar-refractivity contribution in [2.75, 3.05) is 0 Å². The second kappa shape index (κ2) is 5.46. The molecule has 99 valence electrons. The molecule has 0 atom stereocenters. The Bertz CT molecular complexity index is 287. The molecule has 0 aromatic heterocycles. The maximum atomic E-state index is 12.1. The van der Waals surface area contributed by atoms with E-state index in [0.717, 1.165) is 5.06 Å². The molecule has 0 aromatic carbocycles. The Labute approximate surface area is 130 Å². The Morgan fingerprint density at radius 1 is 1.24 bits per heavy atom. The van der Waals surface area contributed by atoms with Crippen molar-refractivity contribution in [2.45, 2.75) is 59.6 Å². The van der Waals surface area contributed by atoms with Gasteiger partial charge in [-0.05, 0) is 27.7 Å². The highest BCUT2D eigenvalue weighted by molar-refractivity contribution is 14.2. The fourth-order valence-corrected chi connectivity index (χ4v) is 2.76. The van der Waals surface area contributed by atoms with E-state index in [9.17, 15) is 10.0 Å². The molecule has 1 rings (SSSR count). The summed E-state index contributed by atoms with van der Waals surface area (Å²) in [7, 11) is 0. The van der Waals surface area contributed by atoms with Crippen molar-refractivity contribution in [3.63, 3.8) is 0 Å². The van der Waals surface area contributed by atoms with Gasteiger partial charge in [0.2, 0.25) is 0 Å². The molecule has 0 aliphatic carbocycles. The second-order valence-electron chi connectivity index (χ2n) is 5.69. The standard InChI is InChI=1S/C11H18I2NO3/c1-10(2)5-7(17-9(15)8(12)13)6-11(3,4)14(10)16/h7-8H,5-6H2,1-4H3. The molecule has 1 heterocycles. The van der Waals surface area contributed by atoms with Gasteiger partial charge in [-0.25, -0.2) is 0 Å². The van der Waals surface area contributed by atoms with Gasteiger partial charge in [-0.2, -0.15) is 0 Å². The van der Waals surface area contributed by atoms with Crippen LogP contribution in [0.15, 0.2) is 0 Å².